The van der Waals surface area contributed by atoms with Crippen molar-refractivity contribution in [3.63, 3.8) is 0 Å². The van der Waals surface area contributed by atoms with Crippen LogP contribution in [0.25, 0.3) is 0 Å². The van der Waals surface area contributed by atoms with Gasteiger partial charge in [-0.3, -0.25) is 4.79 Å². The number of carbonyl (C=O) groups is 1. The molecular weight excluding hydrogens is 377 g/mol. The van der Waals surface area contributed by atoms with Crippen LogP contribution in [0.4, 0.5) is 0 Å². The number of amides is 1. The zero-order chi connectivity index (χ0) is 18.2. The summed E-state index contributed by atoms with van der Waals surface area (Å²) in [6, 6.07) is 13.2. The molecule has 25 heavy (non-hydrogen) atoms. The Morgan fingerprint density at radius 3 is 2.76 bits per heavy atom. The van der Waals surface area contributed by atoms with Gasteiger partial charge < -0.3 is 10.1 Å². The molecule has 1 N–H and O–H groups in total. The Morgan fingerprint density at radius 1 is 1.24 bits per heavy atom. The van der Waals surface area contributed by atoms with Gasteiger partial charge in [-0.25, -0.2) is 0 Å². The van der Waals surface area contributed by atoms with Gasteiger partial charge in [0.2, 0.25) is 0 Å². The number of hydrogen-bond acceptors (Lipinski definition) is 3. The first-order valence-electron chi connectivity index (χ1n) is 7.98. The molecule has 0 radical (unpaired) electrons. The third kappa shape index (κ3) is 6.81. The minimum Gasteiger partial charge on any atom is -0.481 e. The van der Waals surface area contributed by atoms with E-state index in [9.17, 15) is 4.79 Å². The normalized spacial score (nSPS) is 11.8. The first-order valence-corrected chi connectivity index (χ1v) is 9.89. The summed E-state index contributed by atoms with van der Waals surface area (Å²) in [6.45, 7) is 4.23. The molecule has 0 aliphatic rings. The summed E-state index contributed by atoms with van der Waals surface area (Å²) in [5, 5.41) is 4.32. The maximum atomic E-state index is 12.1. The fourth-order valence-electron chi connectivity index (χ4n) is 2.16. The van der Waals surface area contributed by atoms with E-state index in [1.165, 1.54) is 5.56 Å². The number of thioether (sulfide) groups is 1. The Labute approximate surface area is 163 Å². The van der Waals surface area contributed by atoms with Gasteiger partial charge in [0.25, 0.3) is 5.91 Å². The van der Waals surface area contributed by atoms with Gasteiger partial charge in [0.15, 0.2) is 6.10 Å². The van der Waals surface area contributed by atoms with Crippen molar-refractivity contribution < 1.29 is 9.53 Å². The average Bonchev–Trinajstić information content (AvgIpc) is 2.57. The number of ether oxygens (including phenoxy) is 1. The molecule has 0 aromatic heterocycles. The predicted molar refractivity (Wildman–Crippen MR) is 107 cm³/mol. The zero-order valence-corrected chi connectivity index (χ0v) is 16.5. The largest absolute Gasteiger partial charge is 0.481 e. The number of carbonyl (C=O) groups excluding carboxylic acids is 1. The van der Waals surface area contributed by atoms with Crippen LogP contribution in [0.5, 0.6) is 5.75 Å². The van der Waals surface area contributed by atoms with Gasteiger partial charge in [0, 0.05) is 28.1 Å². The summed E-state index contributed by atoms with van der Waals surface area (Å²) < 4.78 is 5.66. The summed E-state index contributed by atoms with van der Waals surface area (Å²) in [4.78, 5) is 12.1. The summed E-state index contributed by atoms with van der Waals surface area (Å²) in [7, 11) is 0. The van der Waals surface area contributed by atoms with Crippen LogP contribution in [-0.4, -0.2) is 24.3 Å². The highest BCUT2D eigenvalue weighted by Gasteiger charge is 2.14. The van der Waals surface area contributed by atoms with Gasteiger partial charge in [-0.15, -0.1) is 0 Å². The van der Waals surface area contributed by atoms with Crippen LogP contribution in [-0.2, 0) is 10.5 Å². The molecule has 0 aliphatic carbocycles. The van der Waals surface area contributed by atoms with Crippen molar-refractivity contribution in [3.05, 3.63) is 63.6 Å². The van der Waals surface area contributed by atoms with Crippen molar-refractivity contribution in [1.29, 1.82) is 0 Å². The van der Waals surface area contributed by atoms with Crippen molar-refractivity contribution in [2.75, 3.05) is 12.3 Å². The van der Waals surface area contributed by atoms with Crippen LogP contribution in [0.3, 0.4) is 0 Å². The van der Waals surface area contributed by atoms with Gasteiger partial charge in [0.1, 0.15) is 5.75 Å². The van der Waals surface area contributed by atoms with Crippen molar-refractivity contribution in [2.24, 2.45) is 0 Å². The highest BCUT2D eigenvalue weighted by atomic mass is 35.5. The highest BCUT2D eigenvalue weighted by molar-refractivity contribution is 7.98. The second-order valence-electron chi connectivity index (χ2n) is 5.64. The number of halogens is 2. The standard InChI is InChI=1S/C19H21Cl2NO2S/c1-13-10-17(6-7-18(13)21)24-14(2)19(23)22-8-9-25-12-15-4-3-5-16(20)11-15/h3-7,10-11,14H,8-9,12H2,1-2H3,(H,22,23)/t14-/m1/s1. The lowest BCUT2D eigenvalue weighted by Crippen LogP contribution is -2.37. The van der Waals surface area contributed by atoms with Crippen LogP contribution >= 0.6 is 35.0 Å². The Bertz CT molecular complexity index is 724. The fraction of sp³-hybridized carbons (Fsp3) is 0.316. The topological polar surface area (TPSA) is 38.3 Å². The summed E-state index contributed by atoms with van der Waals surface area (Å²) in [5.41, 5.74) is 2.10. The number of benzene rings is 2. The molecule has 2 aromatic rings. The minimum atomic E-state index is -0.557. The molecule has 2 aromatic carbocycles. The first kappa shape index (κ1) is 20.0. The van der Waals surface area contributed by atoms with Crippen molar-refractivity contribution in [1.82, 2.24) is 5.32 Å². The predicted octanol–water partition coefficient (Wildman–Crippen LogP) is 5.12. The van der Waals surface area contributed by atoms with Crippen LogP contribution in [0.1, 0.15) is 18.1 Å². The van der Waals surface area contributed by atoms with Crippen LogP contribution < -0.4 is 10.1 Å². The smallest absolute Gasteiger partial charge is 0.260 e. The van der Waals surface area contributed by atoms with Gasteiger partial charge in [-0.05, 0) is 55.3 Å². The molecule has 1 amide bonds. The second kappa shape index (κ2) is 9.95. The van der Waals surface area contributed by atoms with Crippen LogP contribution in [0.15, 0.2) is 42.5 Å². The summed E-state index contributed by atoms with van der Waals surface area (Å²) in [5.74, 6) is 2.20. The molecule has 0 saturated heterocycles. The van der Waals surface area contributed by atoms with E-state index < -0.39 is 6.10 Å². The third-order valence-corrected chi connectivity index (χ3v) is 5.20. The maximum Gasteiger partial charge on any atom is 0.260 e. The fourth-order valence-corrected chi connectivity index (χ4v) is 3.29. The molecule has 6 heteroatoms. The Hall–Kier alpha value is -1.36. The highest BCUT2D eigenvalue weighted by Crippen LogP contribution is 2.22. The van der Waals surface area contributed by atoms with Crippen molar-refractivity contribution >= 4 is 40.9 Å². The summed E-state index contributed by atoms with van der Waals surface area (Å²) in [6.07, 6.45) is -0.557. The van der Waals surface area contributed by atoms with E-state index in [1.807, 2.05) is 37.3 Å². The number of rotatable bonds is 8. The maximum absolute atomic E-state index is 12.1. The minimum absolute atomic E-state index is 0.129. The Balaban J connectivity index is 1.68. The van der Waals surface area contributed by atoms with Gasteiger partial charge in [0.05, 0.1) is 0 Å². The number of aryl methyl sites for hydroxylation is 1. The lowest BCUT2D eigenvalue weighted by atomic mass is 10.2. The van der Waals surface area contributed by atoms with E-state index in [-0.39, 0.29) is 5.91 Å². The molecule has 0 bridgehead atoms. The van der Waals surface area contributed by atoms with Gasteiger partial charge >= 0.3 is 0 Å². The van der Waals surface area contributed by atoms with Gasteiger partial charge in [-0.2, -0.15) is 11.8 Å². The summed E-state index contributed by atoms with van der Waals surface area (Å²) >= 11 is 13.7. The third-order valence-electron chi connectivity index (χ3n) is 3.51. The molecule has 0 aliphatic heterocycles. The Morgan fingerprint density at radius 2 is 2.04 bits per heavy atom. The van der Waals surface area contributed by atoms with E-state index >= 15 is 0 Å². The van der Waals surface area contributed by atoms with Crippen molar-refractivity contribution in [2.45, 2.75) is 25.7 Å². The van der Waals surface area contributed by atoms with E-state index in [1.54, 1.807) is 30.8 Å². The van der Waals surface area contributed by atoms with E-state index in [4.69, 9.17) is 27.9 Å². The SMILES string of the molecule is Cc1cc(O[C@H](C)C(=O)NCCSCc2cccc(Cl)c2)ccc1Cl. The van der Waals surface area contributed by atoms with Gasteiger partial charge in [-0.1, -0.05) is 35.3 Å². The quantitative estimate of drug-likeness (QED) is 0.628. The van der Waals surface area contributed by atoms with Crippen LogP contribution in [0, 0.1) is 6.92 Å². The molecule has 0 fully saturated rings. The molecule has 2 rings (SSSR count). The van der Waals surface area contributed by atoms with E-state index in [2.05, 4.69) is 5.32 Å². The molecule has 3 nitrogen and oxygen atoms in total. The second-order valence-corrected chi connectivity index (χ2v) is 7.59. The lowest BCUT2D eigenvalue weighted by Gasteiger charge is -2.15. The number of nitrogens with one attached hydrogen (secondary N) is 1. The number of hydrogen-bond donors (Lipinski definition) is 1. The Kier molecular flexibility index (Phi) is 7.94. The lowest BCUT2D eigenvalue weighted by molar-refractivity contribution is -0.127. The van der Waals surface area contributed by atoms with Crippen LogP contribution in [0.2, 0.25) is 10.0 Å². The molecular formula is C19H21Cl2NO2S. The van der Waals surface area contributed by atoms with Crippen molar-refractivity contribution in [3.8, 4) is 5.75 Å². The average molecular weight is 398 g/mol. The molecule has 0 saturated carbocycles. The molecule has 1 atom stereocenters. The first-order chi connectivity index (χ1) is 12.0. The van der Waals surface area contributed by atoms with E-state index in [0.29, 0.717) is 17.3 Å². The zero-order valence-electron chi connectivity index (χ0n) is 14.2. The molecule has 134 valence electrons. The molecule has 0 unspecified atom stereocenters. The molecule has 0 spiro atoms. The molecule has 0 heterocycles. The monoisotopic (exact) mass is 397 g/mol. The van der Waals surface area contributed by atoms with E-state index in [0.717, 1.165) is 22.1 Å².